The Hall–Kier alpha value is -3.40. The Balaban J connectivity index is 2.15. The molecule has 10 heteroatoms. The van der Waals surface area contributed by atoms with Crippen LogP contribution < -0.4 is 10.1 Å². The van der Waals surface area contributed by atoms with E-state index in [4.69, 9.17) is 15.4 Å². The van der Waals surface area contributed by atoms with Gasteiger partial charge in [0.05, 0.1) is 23.6 Å². The van der Waals surface area contributed by atoms with Crippen molar-refractivity contribution in [3.63, 3.8) is 0 Å². The monoisotopic (exact) mass is 373 g/mol. The van der Waals surface area contributed by atoms with Gasteiger partial charge in [-0.2, -0.15) is 9.37 Å². The van der Waals surface area contributed by atoms with Crippen molar-refractivity contribution in [2.75, 3.05) is 12.4 Å². The molecule has 132 valence electrons. The first kappa shape index (κ1) is 17.4. The molecule has 0 radical (unpaired) electrons. The van der Waals surface area contributed by atoms with Crippen LogP contribution in [0.2, 0.25) is 0 Å². The predicted octanol–water partition coefficient (Wildman–Crippen LogP) is 2.92. The highest BCUT2D eigenvalue weighted by atomic mass is 32.1. The van der Waals surface area contributed by atoms with Crippen molar-refractivity contribution in [1.82, 2.24) is 9.97 Å². The summed E-state index contributed by atoms with van der Waals surface area (Å²) in [4.78, 5) is 19.9. The molecule has 26 heavy (non-hydrogen) atoms. The van der Waals surface area contributed by atoms with E-state index in [1.165, 1.54) is 7.11 Å². The minimum absolute atomic E-state index is 0.0166. The lowest BCUT2D eigenvalue weighted by Crippen LogP contribution is -2.23. The van der Waals surface area contributed by atoms with Crippen LogP contribution in [-0.4, -0.2) is 40.1 Å². The van der Waals surface area contributed by atoms with Gasteiger partial charge in [0.1, 0.15) is 5.52 Å². The van der Waals surface area contributed by atoms with E-state index >= 15 is 0 Å². The number of thiazole rings is 1. The first-order chi connectivity index (χ1) is 12.6. The number of nitrogens with zero attached hydrogens (tertiary/aromatic N) is 3. The number of fused-ring (bicyclic) bond motifs is 1. The van der Waals surface area contributed by atoms with Crippen LogP contribution in [0.15, 0.2) is 35.5 Å². The quantitative estimate of drug-likeness (QED) is 0.275. The molecule has 0 spiro atoms. The van der Waals surface area contributed by atoms with Crippen molar-refractivity contribution in [1.29, 1.82) is 5.41 Å². The number of nitrogens with one attached hydrogen (secondary N) is 2. The number of carbonyl (C=O) groups excluding carboxylic acids is 1. The third kappa shape index (κ3) is 3.09. The number of methoxy groups -OCH3 is 1. The lowest BCUT2D eigenvalue weighted by molar-refractivity contribution is -0.110. The number of rotatable bonds is 5. The van der Waals surface area contributed by atoms with Crippen LogP contribution >= 0.6 is 11.3 Å². The van der Waals surface area contributed by atoms with E-state index in [1.807, 2.05) is 0 Å². The molecular weight excluding hydrogens is 361 g/mol. The lowest BCUT2D eigenvalue weighted by atomic mass is 10.1. The van der Waals surface area contributed by atoms with Gasteiger partial charge >= 0.3 is 0 Å². The molecule has 0 fully saturated rings. The van der Waals surface area contributed by atoms with E-state index in [0.717, 1.165) is 11.3 Å². The number of oxime groups is 1. The highest BCUT2D eigenvalue weighted by molar-refractivity contribution is 7.23. The van der Waals surface area contributed by atoms with Crippen molar-refractivity contribution in [2.45, 2.75) is 0 Å². The number of halogens is 1. The van der Waals surface area contributed by atoms with Gasteiger partial charge in [0, 0.05) is 0 Å². The molecule has 0 aliphatic heterocycles. The maximum atomic E-state index is 14.6. The van der Waals surface area contributed by atoms with Gasteiger partial charge in [-0.3, -0.25) is 10.1 Å². The number of anilines is 1. The normalized spacial score (nSPS) is 11.4. The Morgan fingerprint density at radius 1 is 1.38 bits per heavy atom. The van der Waals surface area contributed by atoms with E-state index in [0.29, 0.717) is 16.5 Å². The van der Waals surface area contributed by atoms with Crippen LogP contribution in [0, 0.1) is 11.4 Å². The number of carbonyl (C=O) groups is 1. The van der Waals surface area contributed by atoms with Gasteiger partial charge in [-0.25, -0.2) is 4.98 Å². The maximum absolute atomic E-state index is 14.6. The van der Waals surface area contributed by atoms with Crippen molar-refractivity contribution < 1.29 is 19.1 Å². The van der Waals surface area contributed by atoms with Gasteiger partial charge in [0.15, 0.2) is 10.8 Å². The first-order valence-corrected chi connectivity index (χ1v) is 8.04. The van der Waals surface area contributed by atoms with Crippen LogP contribution in [-0.2, 0) is 4.79 Å². The molecule has 0 unspecified atom stereocenters. The summed E-state index contributed by atoms with van der Waals surface area (Å²) in [6.45, 7) is 0. The number of ether oxygens (including phenoxy) is 1. The van der Waals surface area contributed by atoms with E-state index in [2.05, 4.69) is 20.4 Å². The third-order valence-electron chi connectivity index (χ3n) is 3.42. The zero-order valence-electron chi connectivity index (χ0n) is 13.4. The molecule has 0 saturated carbocycles. The minimum Gasteiger partial charge on any atom is -0.479 e. The summed E-state index contributed by atoms with van der Waals surface area (Å²) in [7, 11) is 1.34. The van der Waals surface area contributed by atoms with Gasteiger partial charge in [0.2, 0.25) is 11.8 Å². The summed E-state index contributed by atoms with van der Waals surface area (Å²) in [5.74, 6) is -1.56. The average Bonchev–Trinajstić information content (AvgIpc) is 3.05. The number of pyridine rings is 1. The third-order valence-corrected chi connectivity index (χ3v) is 4.40. The van der Waals surface area contributed by atoms with Crippen molar-refractivity contribution in [2.24, 2.45) is 5.16 Å². The molecule has 0 bridgehead atoms. The van der Waals surface area contributed by atoms with Gasteiger partial charge in [-0.15, -0.1) is 0 Å². The summed E-state index contributed by atoms with van der Waals surface area (Å²) < 4.78 is 20.1. The second-order valence-electron chi connectivity index (χ2n) is 4.93. The zero-order chi connectivity index (χ0) is 18.7. The molecule has 3 N–H and O–H groups in total. The van der Waals surface area contributed by atoms with E-state index in [1.54, 1.807) is 30.3 Å². The molecule has 3 rings (SSSR count). The molecule has 0 aliphatic rings. The Bertz CT molecular complexity index is 1020. The predicted molar refractivity (Wildman–Crippen MR) is 96.0 cm³/mol. The van der Waals surface area contributed by atoms with Gasteiger partial charge < -0.3 is 15.4 Å². The fourth-order valence-electron chi connectivity index (χ4n) is 2.28. The molecule has 8 nitrogen and oxygen atoms in total. The Morgan fingerprint density at radius 2 is 2.12 bits per heavy atom. The zero-order valence-corrected chi connectivity index (χ0v) is 14.2. The second-order valence-corrected chi connectivity index (χ2v) is 5.93. The topological polar surface area (TPSA) is 121 Å². The van der Waals surface area contributed by atoms with Gasteiger partial charge in [-0.05, 0) is 5.56 Å². The lowest BCUT2D eigenvalue weighted by Gasteiger charge is -2.06. The Kier molecular flexibility index (Phi) is 4.85. The SMILES string of the molecule is COc1nc(F)c(-c2ccccc2)c2sc(NC(=O)C(C=N)=NO)nc12. The van der Waals surface area contributed by atoms with Crippen molar-refractivity contribution >= 4 is 44.5 Å². The number of benzene rings is 1. The van der Waals surface area contributed by atoms with Gasteiger partial charge in [0.25, 0.3) is 5.91 Å². The number of aromatic nitrogens is 2. The first-order valence-electron chi connectivity index (χ1n) is 7.22. The number of amides is 1. The highest BCUT2D eigenvalue weighted by Crippen LogP contribution is 2.39. The molecule has 0 atom stereocenters. The summed E-state index contributed by atoms with van der Waals surface area (Å²) in [5.41, 5.74) is 0.625. The number of hydrogen-bond acceptors (Lipinski definition) is 8. The molecule has 1 aromatic carbocycles. The average molecular weight is 373 g/mol. The molecule has 0 aliphatic carbocycles. The van der Waals surface area contributed by atoms with Crippen LogP contribution in [0.3, 0.4) is 0 Å². The molecular formula is C16H12FN5O3S. The molecule has 2 aromatic heterocycles. The maximum Gasteiger partial charge on any atom is 0.281 e. The molecule has 2 heterocycles. The van der Waals surface area contributed by atoms with E-state index in [9.17, 15) is 9.18 Å². The number of hydrogen-bond donors (Lipinski definition) is 3. The smallest absolute Gasteiger partial charge is 0.281 e. The summed E-state index contributed by atoms with van der Waals surface area (Å²) in [6.07, 6.45) is 0.597. The fourth-order valence-corrected chi connectivity index (χ4v) is 3.29. The fraction of sp³-hybridized carbons (Fsp3) is 0.0625. The largest absolute Gasteiger partial charge is 0.479 e. The van der Waals surface area contributed by atoms with Crippen LogP contribution in [0.4, 0.5) is 9.52 Å². The van der Waals surface area contributed by atoms with E-state index < -0.39 is 17.6 Å². The highest BCUT2D eigenvalue weighted by Gasteiger charge is 2.22. The molecule has 0 saturated heterocycles. The van der Waals surface area contributed by atoms with Gasteiger partial charge in [-0.1, -0.05) is 46.8 Å². The summed E-state index contributed by atoms with van der Waals surface area (Å²) in [5, 5.41) is 21.0. The van der Waals surface area contributed by atoms with Crippen LogP contribution in [0.5, 0.6) is 5.88 Å². The summed E-state index contributed by atoms with van der Waals surface area (Å²) in [6, 6.07) is 8.80. The summed E-state index contributed by atoms with van der Waals surface area (Å²) >= 11 is 1.01. The van der Waals surface area contributed by atoms with Crippen molar-refractivity contribution in [3.05, 3.63) is 36.3 Å². The Labute approximate surface area is 150 Å². The minimum atomic E-state index is -0.824. The van der Waals surface area contributed by atoms with Crippen LogP contribution in [0.1, 0.15) is 0 Å². The molecule has 1 amide bonds. The Morgan fingerprint density at radius 3 is 2.73 bits per heavy atom. The van der Waals surface area contributed by atoms with Crippen LogP contribution in [0.25, 0.3) is 21.3 Å². The van der Waals surface area contributed by atoms with E-state index in [-0.39, 0.29) is 22.1 Å². The molecule has 3 aromatic rings. The van der Waals surface area contributed by atoms with Crippen molar-refractivity contribution in [3.8, 4) is 17.0 Å². The standard InChI is InChI=1S/C16H12FN5O3S/c1-25-15-11-12(10(13(17)20-15)8-5-3-2-4-6-8)26-16(19-11)21-14(23)9(7-18)22-24/h2-7,18,24H,1H3,(H,19,21,23). The second kappa shape index (κ2) is 7.23.